The molecule has 2 aromatic rings. The first-order chi connectivity index (χ1) is 8.97. The molecule has 19 heavy (non-hydrogen) atoms. The van der Waals surface area contributed by atoms with Crippen LogP contribution in [-0.2, 0) is 0 Å². The van der Waals surface area contributed by atoms with Gasteiger partial charge in [0.2, 0.25) is 0 Å². The Balaban J connectivity index is 2.43. The molecule has 0 fully saturated rings. The molecule has 0 aliphatic rings. The number of nitrogens with two attached hydrogens (primary N) is 1. The monoisotopic (exact) mass is 322 g/mol. The van der Waals surface area contributed by atoms with Crippen molar-refractivity contribution in [3.63, 3.8) is 0 Å². The van der Waals surface area contributed by atoms with E-state index in [1.807, 2.05) is 6.92 Å². The smallest absolute Gasteiger partial charge is 0.138 e. The lowest BCUT2D eigenvalue weighted by Crippen LogP contribution is -2.12. The fourth-order valence-corrected chi connectivity index (χ4v) is 1.97. The molecule has 0 amide bonds. The molecule has 2 rings (SSSR count). The minimum atomic E-state index is -0.373. The summed E-state index contributed by atoms with van der Waals surface area (Å²) in [5.74, 6) is 0.349. The van der Waals surface area contributed by atoms with Crippen molar-refractivity contribution in [1.29, 1.82) is 5.41 Å². The summed E-state index contributed by atoms with van der Waals surface area (Å²) in [6, 6.07) is 9.46. The maximum Gasteiger partial charge on any atom is 0.138 e. The lowest BCUT2D eigenvalue weighted by molar-refractivity contribution is 0.472. The van der Waals surface area contributed by atoms with Crippen LogP contribution >= 0.6 is 15.9 Å². The molecule has 0 aliphatic heterocycles. The van der Waals surface area contributed by atoms with E-state index in [0.717, 1.165) is 10.0 Å². The van der Waals surface area contributed by atoms with Gasteiger partial charge in [-0.05, 0) is 36.8 Å². The number of nitrogen functional groups attached to an aromatic ring is 1. The van der Waals surface area contributed by atoms with Crippen LogP contribution in [0.4, 0.5) is 4.39 Å². The van der Waals surface area contributed by atoms with Crippen molar-refractivity contribution in [3.05, 3.63) is 57.8 Å². The van der Waals surface area contributed by atoms with Gasteiger partial charge in [0, 0.05) is 10.5 Å². The van der Waals surface area contributed by atoms with Crippen molar-refractivity contribution in [2.75, 3.05) is 0 Å². The van der Waals surface area contributed by atoms with Crippen LogP contribution in [0.2, 0.25) is 0 Å². The third-order valence-electron chi connectivity index (χ3n) is 2.60. The first-order valence-electron chi connectivity index (χ1n) is 5.55. The average Bonchev–Trinajstić information content (AvgIpc) is 2.35. The summed E-state index contributed by atoms with van der Waals surface area (Å²) < 4.78 is 19.7. The molecular weight excluding hydrogens is 311 g/mol. The number of rotatable bonds is 3. The van der Waals surface area contributed by atoms with E-state index in [4.69, 9.17) is 15.9 Å². The van der Waals surface area contributed by atoms with Gasteiger partial charge >= 0.3 is 0 Å². The third kappa shape index (κ3) is 3.12. The Morgan fingerprint density at radius 2 is 1.95 bits per heavy atom. The number of nitrogens with one attached hydrogen (secondary N) is 1. The topological polar surface area (TPSA) is 59.1 Å². The first-order valence-corrected chi connectivity index (χ1v) is 6.34. The number of ether oxygens (including phenoxy) is 1. The SMILES string of the molecule is Cc1ccc(F)cc1Oc1ccc(Br)cc1C(=N)N. The van der Waals surface area contributed by atoms with Gasteiger partial charge in [-0.1, -0.05) is 22.0 Å². The van der Waals surface area contributed by atoms with Gasteiger partial charge in [0.1, 0.15) is 23.2 Å². The predicted octanol–water partition coefficient (Wildman–Crippen LogP) is 3.97. The van der Waals surface area contributed by atoms with Crippen molar-refractivity contribution in [2.45, 2.75) is 6.92 Å². The largest absolute Gasteiger partial charge is 0.456 e. The zero-order valence-corrected chi connectivity index (χ0v) is 11.8. The highest BCUT2D eigenvalue weighted by Gasteiger charge is 2.10. The van der Waals surface area contributed by atoms with Crippen LogP contribution in [0.5, 0.6) is 11.5 Å². The fraction of sp³-hybridized carbons (Fsp3) is 0.0714. The lowest BCUT2D eigenvalue weighted by atomic mass is 10.1. The molecule has 0 unspecified atom stereocenters. The quantitative estimate of drug-likeness (QED) is 0.663. The summed E-state index contributed by atoms with van der Waals surface area (Å²) in [6.07, 6.45) is 0. The summed E-state index contributed by atoms with van der Waals surface area (Å²) in [5.41, 5.74) is 6.77. The van der Waals surface area contributed by atoms with Gasteiger partial charge in [-0.3, -0.25) is 5.41 Å². The maximum absolute atomic E-state index is 13.2. The highest BCUT2D eigenvalue weighted by atomic mass is 79.9. The van der Waals surface area contributed by atoms with E-state index in [1.54, 1.807) is 24.3 Å². The second kappa shape index (κ2) is 5.40. The summed E-state index contributed by atoms with van der Waals surface area (Å²) in [4.78, 5) is 0. The standard InChI is InChI=1S/C14H12BrFN2O/c1-8-2-4-10(16)7-13(8)19-12-5-3-9(15)6-11(12)14(17)18/h2-7H,1H3,(H3,17,18). The molecule has 0 aliphatic carbocycles. The molecule has 0 spiro atoms. The van der Waals surface area contributed by atoms with Crippen LogP contribution in [0.3, 0.4) is 0 Å². The van der Waals surface area contributed by atoms with E-state index >= 15 is 0 Å². The first kappa shape index (κ1) is 13.5. The van der Waals surface area contributed by atoms with Crippen molar-refractivity contribution in [3.8, 4) is 11.5 Å². The highest BCUT2D eigenvalue weighted by Crippen LogP contribution is 2.30. The van der Waals surface area contributed by atoms with E-state index < -0.39 is 0 Å². The number of halogens is 2. The van der Waals surface area contributed by atoms with Crippen molar-refractivity contribution in [1.82, 2.24) is 0 Å². The van der Waals surface area contributed by atoms with Crippen molar-refractivity contribution in [2.24, 2.45) is 5.73 Å². The Hall–Kier alpha value is -1.88. The molecule has 5 heteroatoms. The Kier molecular flexibility index (Phi) is 3.85. The minimum absolute atomic E-state index is 0.106. The fourth-order valence-electron chi connectivity index (χ4n) is 1.60. The molecule has 3 nitrogen and oxygen atoms in total. The van der Waals surface area contributed by atoms with Crippen LogP contribution < -0.4 is 10.5 Å². The van der Waals surface area contributed by atoms with Gasteiger partial charge in [0.05, 0.1) is 5.56 Å². The Labute approximate surface area is 118 Å². The van der Waals surface area contributed by atoms with Gasteiger partial charge in [-0.25, -0.2) is 4.39 Å². The Morgan fingerprint density at radius 3 is 2.63 bits per heavy atom. The molecule has 0 bridgehead atoms. The van der Waals surface area contributed by atoms with Gasteiger partial charge < -0.3 is 10.5 Å². The summed E-state index contributed by atoms with van der Waals surface area (Å²) >= 11 is 3.31. The summed E-state index contributed by atoms with van der Waals surface area (Å²) in [6.45, 7) is 1.82. The number of amidine groups is 1. The van der Waals surface area contributed by atoms with E-state index in [0.29, 0.717) is 17.1 Å². The molecule has 2 aromatic carbocycles. The van der Waals surface area contributed by atoms with Crippen molar-refractivity contribution < 1.29 is 9.13 Å². The summed E-state index contributed by atoms with van der Waals surface area (Å²) in [5, 5.41) is 7.54. The molecule has 0 radical (unpaired) electrons. The highest BCUT2D eigenvalue weighted by molar-refractivity contribution is 9.10. The van der Waals surface area contributed by atoms with E-state index in [2.05, 4.69) is 15.9 Å². The van der Waals surface area contributed by atoms with Gasteiger partial charge in [0.15, 0.2) is 0 Å². The van der Waals surface area contributed by atoms with Crippen LogP contribution in [0.25, 0.3) is 0 Å². The van der Waals surface area contributed by atoms with Crippen LogP contribution in [0.15, 0.2) is 40.9 Å². The maximum atomic E-state index is 13.2. The second-order valence-electron chi connectivity index (χ2n) is 4.07. The zero-order valence-electron chi connectivity index (χ0n) is 10.2. The Bertz CT molecular complexity index is 643. The van der Waals surface area contributed by atoms with E-state index in [9.17, 15) is 4.39 Å². The van der Waals surface area contributed by atoms with E-state index in [1.165, 1.54) is 12.1 Å². The number of benzene rings is 2. The molecule has 3 N–H and O–H groups in total. The molecule has 98 valence electrons. The number of hydrogen-bond donors (Lipinski definition) is 2. The van der Waals surface area contributed by atoms with Crippen molar-refractivity contribution >= 4 is 21.8 Å². The molecule has 0 aromatic heterocycles. The molecule has 0 saturated heterocycles. The van der Waals surface area contributed by atoms with Crippen LogP contribution in [-0.4, -0.2) is 5.84 Å². The number of hydrogen-bond acceptors (Lipinski definition) is 2. The number of aryl methyl sites for hydroxylation is 1. The van der Waals surface area contributed by atoms with Gasteiger partial charge in [-0.15, -0.1) is 0 Å². The molecule has 0 atom stereocenters. The summed E-state index contributed by atoms with van der Waals surface area (Å²) in [7, 11) is 0. The normalized spacial score (nSPS) is 10.3. The predicted molar refractivity (Wildman–Crippen MR) is 76.4 cm³/mol. The lowest BCUT2D eigenvalue weighted by Gasteiger charge is -2.12. The molecule has 0 heterocycles. The van der Waals surface area contributed by atoms with Crippen LogP contribution in [0, 0.1) is 18.2 Å². The minimum Gasteiger partial charge on any atom is -0.456 e. The Morgan fingerprint density at radius 1 is 1.21 bits per heavy atom. The van der Waals surface area contributed by atoms with Gasteiger partial charge in [0.25, 0.3) is 0 Å². The van der Waals surface area contributed by atoms with E-state index in [-0.39, 0.29) is 11.7 Å². The molecule has 0 saturated carbocycles. The zero-order chi connectivity index (χ0) is 14.0. The second-order valence-corrected chi connectivity index (χ2v) is 4.98. The molecular formula is C14H12BrFN2O. The van der Waals surface area contributed by atoms with Crippen LogP contribution in [0.1, 0.15) is 11.1 Å². The third-order valence-corrected chi connectivity index (χ3v) is 3.10. The average molecular weight is 323 g/mol. The van der Waals surface area contributed by atoms with Gasteiger partial charge in [-0.2, -0.15) is 0 Å².